The van der Waals surface area contributed by atoms with Crippen molar-refractivity contribution >= 4 is 82.6 Å². The Kier molecular flexibility index (Phi) is 60.4. The molecule has 0 aliphatic heterocycles. The number of ether oxygens (including phenoxy) is 3. The fraction of sp³-hybridized carbons (Fsp3) is 0.133. The molecule has 87 heavy (non-hydrogen) atoms. The molecule has 8 aromatic rings. The molecule has 0 fully saturated rings. The van der Waals surface area contributed by atoms with E-state index in [0.717, 1.165) is 16.9 Å². The number of nitrogens with zero attached hydrogens (tertiary/aromatic N) is 5. The summed E-state index contributed by atoms with van der Waals surface area (Å²) in [5, 5.41) is 37.7. The Hall–Kier alpha value is -5.50. The average molecular weight is 1350 g/mol. The minimum absolute atomic E-state index is 0. The number of pyridine rings is 4. The Bertz CT molecular complexity index is 3140. The fourth-order valence-electron chi connectivity index (χ4n) is 5.10. The minimum atomic E-state index is -1.00. The number of terminal acetylenes is 2. The predicted molar refractivity (Wildman–Crippen MR) is 331 cm³/mol. The molecule has 1 unspecified atom stereocenters. The molecule has 1 atom stereocenters. The second-order valence-corrected chi connectivity index (χ2v) is 16.5. The van der Waals surface area contributed by atoms with Crippen LogP contribution in [0.2, 0.25) is 20.1 Å². The molecule has 18 nitrogen and oxygen atoms in total. The molecule has 4 heterocycles. The van der Waals surface area contributed by atoms with Crippen LogP contribution in [0, 0.1) is 31.1 Å². The van der Waals surface area contributed by atoms with Crippen LogP contribution in [-0.4, -0.2) is 66.4 Å². The van der Waals surface area contributed by atoms with Crippen molar-refractivity contribution in [1.29, 1.82) is 0 Å². The molecule has 0 spiro atoms. The van der Waals surface area contributed by atoms with E-state index in [-0.39, 0.29) is 154 Å². The molecule has 0 saturated carbocycles. The number of benzene rings is 4. The third-order valence-corrected chi connectivity index (χ3v) is 9.76. The summed E-state index contributed by atoms with van der Waals surface area (Å²) in [5.41, 5.74) is 9.49. The van der Waals surface area contributed by atoms with Gasteiger partial charge >= 0.3 is 103 Å². The Balaban J connectivity index is -0.000000180. The molecule has 456 valence electrons. The monoisotopic (exact) mass is 1350 g/mol. The first-order valence-electron chi connectivity index (χ1n) is 23.7. The standard InChI is InChI=1S/C13H11ClN2O2.C13H13ClN2O.C13H10ClNO2.C8H8O2.C5H3ClFN.C3H4.C2H2.CH3F.CH2O3.CH4.ClH.2K.H3NO.H/c1-9(16-17)10-2-5-12(6-3-10)18-13-7-4-11(14)8-15-13;1-9(15)10-2-5-12(6-3-10)17-13-7-4-11(14)8-16-13;1-9(16)10-2-5-12(6-3-10)17-13-7-4-11(14)8-15-13;1-6(9)7-2-4-8(10)5-3-7;6-4-1-2-5(7)8-3-4;1-3-2;2*1-2;2-1-4-3;;;;;1-2;/h2-8,17H,1H3;2-9H,15H2,1H3;2-8H,1H3;2-5,10H,1H3;1-3H;1H,2H3;1-2H;1H3;1,3H;1H4;1H;;;2H,1H2;/q;;;;;;;;;;;2*+1;;-1/p-1/b16-9-;;;;;;;;;;;;;;/i;;;;;;;1D;;;;;;;. The van der Waals surface area contributed by atoms with E-state index in [1.807, 2.05) is 31.2 Å². The summed E-state index contributed by atoms with van der Waals surface area (Å²) in [5.74, 6) is 8.93. The molecule has 0 saturated heterocycles. The zero-order valence-electron chi connectivity index (χ0n) is 49.4. The molecule has 8 rings (SSSR count). The number of Topliss-reactive ketones (excluding diaryl/α,β-unsaturated/α-hetero) is 2. The summed E-state index contributed by atoms with van der Waals surface area (Å²) < 4.78 is 44.0. The number of rotatable bonds is 11. The van der Waals surface area contributed by atoms with Crippen LogP contribution < -0.4 is 134 Å². The number of phenols is 1. The number of oxime groups is 1. The quantitative estimate of drug-likeness (QED) is 0.00929. The van der Waals surface area contributed by atoms with E-state index in [9.17, 15) is 18.4 Å². The number of nitrogens with two attached hydrogens (primary N) is 2. The van der Waals surface area contributed by atoms with Gasteiger partial charge in [0.25, 0.3) is 6.47 Å². The van der Waals surface area contributed by atoms with Gasteiger partial charge in [0.05, 0.1) is 34.3 Å². The van der Waals surface area contributed by atoms with E-state index in [0.29, 0.717) is 66.1 Å². The third kappa shape index (κ3) is 44.6. The van der Waals surface area contributed by atoms with Crippen LogP contribution >= 0.6 is 58.8 Å². The summed E-state index contributed by atoms with van der Waals surface area (Å²) in [6.45, 7) is 8.15. The summed E-state index contributed by atoms with van der Waals surface area (Å²) in [4.78, 5) is 48.4. The van der Waals surface area contributed by atoms with Crippen molar-refractivity contribution in [2.24, 2.45) is 16.8 Å². The molecule has 0 aliphatic rings. The van der Waals surface area contributed by atoms with Gasteiger partial charge in [-0.1, -0.05) is 71.1 Å². The largest absolute Gasteiger partial charge is 1.00 e. The molecule has 7 N–H and O–H groups in total. The molecule has 0 amide bonds. The van der Waals surface area contributed by atoms with Crippen molar-refractivity contribution in [3.05, 3.63) is 219 Å². The number of alkyl halides is 1. The molecular formula is C60H64Cl5F2K2N7O11. The topological polar surface area (TPSA) is 288 Å². The molecule has 4 aromatic carbocycles. The molecular weight excluding hydrogens is 1290 g/mol. The van der Waals surface area contributed by atoms with E-state index < -0.39 is 13.1 Å². The smallest absolute Gasteiger partial charge is 1.00 e. The van der Waals surface area contributed by atoms with Crippen LogP contribution in [0.3, 0.4) is 0 Å². The van der Waals surface area contributed by atoms with E-state index >= 15 is 0 Å². The maximum Gasteiger partial charge on any atom is 1.00 e. The van der Waals surface area contributed by atoms with Gasteiger partial charge in [-0.15, -0.1) is 37.6 Å². The summed E-state index contributed by atoms with van der Waals surface area (Å²) in [6.07, 6.45) is 18.4. The zero-order valence-corrected chi connectivity index (χ0v) is 57.5. The maximum atomic E-state index is 11.9. The number of hydrogen-bond donors (Lipinski definition) is 5. The number of halogens is 7. The van der Waals surface area contributed by atoms with Gasteiger partial charge in [-0.05, 0) is 161 Å². The van der Waals surface area contributed by atoms with Gasteiger partial charge in [-0.25, -0.2) is 25.8 Å². The normalized spacial score (nSPS) is 9.24. The molecule has 4 aromatic heterocycles. The second kappa shape index (κ2) is 58.2. The average Bonchev–Trinajstić information content (AvgIpc) is 3.66. The van der Waals surface area contributed by atoms with Crippen LogP contribution in [-0.2, 0) is 9.68 Å². The van der Waals surface area contributed by atoms with E-state index in [1.165, 1.54) is 56.7 Å². The van der Waals surface area contributed by atoms with Gasteiger partial charge in [0.1, 0.15) is 23.0 Å². The van der Waals surface area contributed by atoms with Crippen LogP contribution in [0.4, 0.5) is 8.78 Å². The Labute approximate surface area is 620 Å². The number of hydrogen-bond acceptors (Lipinski definition) is 18. The molecule has 27 heteroatoms. The first-order valence-corrected chi connectivity index (χ1v) is 24.5. The minimum Gasteiger partial charge on any atom is -1.00 e. The number of ketones is 2. The number of carbonyl (C=O) groups excluding carboxylic acids is 3. The van der Waals surface area contributed by atoms with Crippen LogP contribution in [0.15, 0.2) is 176 Å². The van der Waals surface area contributed by atoms with Crippen LogP contribution in [0.25, 0.3) is 0 Å². The van der Waals surface area contributed by atoms with Crippen molar-refractivity contribution in [3.8, 4) is 65.8 Å². The van der Waals surface area contributed by atoms with Crippen molar-refractivity contribution in [1.82, 2.24) is 19.9 Å². The zero-order chi connectivity index (χ0) is 63.8. The maximum absolute atomic E-state index is 11.9. The van der Waals surface area contributed by atoms with Gasteiger partial charge in [-0.3, -0.25) is 18.8 Å². The molecule has 0 radical (unpaired) electrons. The Morgan fingerprint density at radius 1 is 0.655 bits per heavy atom. The SMILES string of the molecule is C.C#C.C#CC.C/C(=N/O)c1ccc(Oc2ccc(Cl)cn2)cc1.CC(=O)c1ccc(O)cc1.CC(=O)c1ccc(Oc2ccc(Cl)cn2)cc1.CC(N)c1ccc(Oc2ccc(Cl)cn2)cc1.Cl.Fc1ccc(Cl)cn1.NO.O=CO[O-].[2H]CF.[H-].[K+].[K+]. The van der Waals surface area contributed by atoms with Gasteiger partial charge in [-0.2, -0.15) is 4.39 Å². The fourth-order valence-corrected chi connectivity index (χ4v) is 5.55. The van der Waals surface area contributed by atoms with Gasteiger partial charge in [0.2, 0.25) is 23.6 Å². The van der Waals surface area contributed by atoms with E-state index in [4.69, 9.17) is 93.3 Å². The van der Waals surface area contributed by atoms with Crippen LogP contribution in [0.5, 0.6) is 40.6 Å². The summed E-state index contributed by atoms with van der Waals surface area (Å²) in [7, 11) is -1.00. The van der Waals surface area contributed by atoms with Crippen LogP contribution in [0.1, 0.15) is 82.7 Å². The first-order chi connectivity index (χ1) is 40.2. The molecule has 0 bridgehead atoms. The predicted octanol–water partition coefficient (Wildman–Crippen LogP) is 8.89. The van der Waals surface area contributed by atoms with Crippen molar-refractivity contribution < 1.29 is 169 Å². The third-order valence-electron chi connectivity index (χ3n) is 8.86. The summed E-state index contributed by atoms with van der Waals surface area (Å²) >= 11 is 22.6. The molecule has 0 aliphatic carbocycles. The number of phenolic OH excluding ortho intramolecular Hbond substituents is 1. The number of carbonyl (C=O) groups is 3. The van der Waals surface area contributed by atoms with E-state index in [1.54, 1.807) is 117 Å². The van der Waals surface area contributed by atoms with Crippen molar-refractivity contribution in [2.45, 2.75) is 48.1 Å². The van der Waals surface area contributed by atoms with Crippen molar-refractivity contribution in [2.75, 3.05) is 7.15 Å². The van der Waals surface area contributed by atoms with E-state index in [2.05, 4.69) is 61.1 Å². The number of aromatic hydroxyl groups is 1. The van der Waals surface area contributed by atoms with Crippen molar-refractivity contribution in [3.63, 3.8) is 0 Å². The summed E-state index contributed by atoms with van der Waals surface area (Å²) in [6, 6.07) is 40.8. The van der Waals surface area contributed by atoms with Gasteiger partial charge in [0.15, 0.2) is 11.6 Å². The van der Waals surface area contributed by atoms with Gasteiger partial charge in [0, 0.05) is 60.2 Å². The Morgan fingerprint density at radius 2 is 0.931 bits per heavy atom. The Morgan fingerprint density at radius 3 is 1.16 bits per heavy atom. The number of aromatic nitrogens is 4. The van der Waals surface area contributed by atoms with Gasteiger partial charge < -0.3 is 47.0 Å². The first kappa shape index (κ1) is 90.2. The second-order valence-electron chi connectivity index (χ2n) is 14.8.